The zero-order chi connectivity index (χ0) is 20.7. The van der Waals surface area contributed by atoms with Gasteiger partial charge < -0.3 is 15.4 Å². The van der Waals surface area contributed by atoms with Crippen LogP contribution in [0.4, 0.5) is 18.9 Å². The fourth-order valence-electron chi connectivity index (χ4n) is 3.56. The number of likely N-dealkylation sites (tertiary alicyclic amines) is 1. The van der Waals surface area contributed by atoms with Crippen LogP contribution in [0.15, 0.2) is 24.3 Å². The predicted octanol–water partition coefficient (Wildman–Crippen LogP) is 3.66. The van der Waals surface area contributed by atoms with Gasteiger partial charge in [0.05, 0.1) is 24.9 Å². The highest BCUT2D eigenvalue weighted by Gasteiger charge is 2.33. The molecule has 1 aromatic rings. The molecule has 2 rings (SSSR count). The van der Waals surface area contributed by atoms with Crippen molar-refractivity contribution in [1.29, 1.82) is 0 Å². The first-order valence-corrected chi connectivity index (χ1v) is 9.77. The van der Waals surface area contributed by atoms with E-state index in [9.17, 15) is 18.0 Å². The van der Waals surface area contributed by atoms with E-state index in [0.29, 0.717) is 44.0 Å². The van der Waals surface area contributed by atoms with Gasteiger partial charge >= 0.3 is 6.18 Å². The van der Waals surface area contributed by atoms with Crippen molar-refractivity contribution in [2.45, 2.75) is 51.9 Å². The number of hydrogen-bond donors (Lipinski definition) is 2. The maximum absolute atomic E-state index is 12.5. The number of amides is 1. The van der Waals surface area contributed by atoms with Gasteiger partial charge in [0, 0.05) is 6.04 Å². The molecule has 1 fully saturated rings. The number of para-hydroxylation sites is 2. The van der Waals surface area contributed by atoms with E-state index in [1.54, 1.807) is 19.1 Å². The maximum atomic E-state index is 12.5. The molecule has 1 aliphatic heterocycles. The molecule has 0 radical (unpaired) electrons. The molecule has 0 saturated carbocycles. The molecule has 0 spiro atoms. The van der Waals surface area contributed by atoms with Crippen LogP contribution in [0, 0.1) is 5.92 Å². The van der Waals surface area contributed by atoms with Crippen LogP contribution in [-0.2, 0) is 4.79 Å². The number of benzene rings is 1. The van der Waals surface area contributed by atoms with E-state index in [1.807, 2.05) is 26.0 Å². The molecule has 5 nitrogen and oxygen atoms in total. The summed E-state index contributed by atoms with van der Waals surface area (Å²) in [7, 11) is 0. The minimum Gasteiger partial charge on any atom is -0.492 e. The van der Waals surface area contributed by atoms with E-state index < -0.39 is 18.8 Å². The molecule has 2 N–H and O–H groups in total. The number of anilines is 1. The zero-order valence-electron chi connectivity index (χ0n) is 16.7. The molecule has 1 aliphatic rings. The molecule has 2 atom stereocenters. The summed E-state index contributed by atoms with van der Waals surface area (Å²) in [5.41, 5.74) is 0.621. The fraction of sp³-hybridized carbons (Fsp3) is 0.650. The minimum absolute atomic E-state index is 0.0379. The third-order valence-corrected chi connectivity index (χ3v) is 5.09. The lowest BCUT2D eigenvalue weighted by Crippen LogP contribution is -2.49. The molecule has 1 aromatic carbocycles. The number of carbonyl (C=O) groups is 1. The summed E-state index contributed by atoms with van der Waals surface area (Å²) in [6.07, 6.45) is -2.78. The molecule has 0 bridgehead atoms. The number of hydrogen-bond acceptors (Lipinski definition) is 4. The predicted molar refractivity (Wildman–Crippen MR) is 104 cm³/mol. The van der Waals surface area contributed by atoms with Crippen molar-refractivity contribution in [2.75, 3.05) is 31.6 Å². The number of ether oxygens (including phenoxy) is 1. The summed E-state index contributed by atoms with van der Waals surface area (Å²) >= 11 is 0. The van der Waals surface area contributed by atoms with Crippen molar-refractivity contribution in [2.24, 2.45) is 5.92 Å². The molecule has 1 saturated heterocycles. The number of piperidine rings is 1. The summed E-state index contributed by atoms with van der Waals surface area (Å²) in [6.45, 7) is 6.17. The van der Waals surface area contributed by atoms with Gasteiger partial charge in [-0.15, -0.1) is 0 Å². The molecule has 1 amide bonds. The van der Waals surface area contributed by atoms with Crippen LogP contribution in [-0.4, -0.2) is 55.3 Å². The van der Waals surface area contributed by atoms with Crippen LogP contribution in [0.5, 0.6) is 5.75 Å². The Balaban J connectivity index is 1.82. The molecule has 0 aromatic heterocycles. The van der Waals surface area contributed by atoms with Gasteiger partial charge in [-0.2, -0.15) is 13.2 Å². The van der Waals surface area contributed by atoms with Gasteiger partial charge in [-0.05, 0) is 64.8 Å². The van der Waals surface area contributed by atoms with Crippen LogP contribution in [0.25, 0.3) is 0 Å². The van der Waals surface area contributed by atoms with E-state index in [-0.39, 0.29) is 17.9 Å². The standard InChI is InChI=1S/C20H30F3N3O2/c1-4-28-18-8-6-5-7-17(18)25-19(27)15(3)24-14(2)16-9-11-26(12-10-16)13-20(21,22)23/h5-8,14-16,24H,4,9-13H2,1-3H3,(H,25,27)/t14-,15+/m1/s1. The number of carbonyl (C=O) groups excluding carboxylic acids is 1. The molecule has 28 heavy (non-hydrogen) atoms. The van der Waals surface area contributed by atoms with E-state index in [0.717, 1.165) is 0 Å². The van der Waals surface area contributed by atoms with Crippen molar-refractivity contribution in [1.82, 2.24) is 10.2 Å². The molecule has 1 heterocycles. The minimum atomic E-state index is -4.15. The van der Waals surface area contributed by atoms with Crippen molar-refractivity contribution < 1.29 is 22.7 Å². The monoisotopic (exact) mass is 401 g/mol. The van der Waals surface area contributed by atoms with Crippen LogP contribution in [0.3, 0.4) is 0 Å². The molecule has 8 heteroatoms. The van der Waals surface area contributed by atoms with Gasteiger partial charge in [0.2, 0.25) is 5.91 Å². The Morgan fingerprint density at radius 2 is 1.89 bits per heavy atom. The summed E-state index contributed by atoms with van der Waals surface area (Å²) in [5, 5.41) is 6.17. The number of rotatable bonds is 8. The Morgan fingerprint density at radius 1 is 1.25 bits per heavy atom. The topological polar surface area (TPSA) is 53.6 Å². The van der Waals surface area contributed by atoms with E-state index in [4.69, 9.17) is 4.74 Å². The Labute approximate surface area is 164 Å². The second kappa shape index (κ2) is 10.1. The van der Waals surface area contributed by atoms with Crippen LogP contribution in [0.2, 0.25) is 0 Å². The van der Waals surface area contributed by atoms with Crippen molar-refractivity contribution >= 4 is 11.6 Å². The largest absolute Gasteiger partial charge is 0.492 e. The van der Waals surface area contributed by atoms with Crippen molar-refractivity contribution in [3.05, 3.63) is 24.3 Å². The van der Waals surface area contributed by atoms with E-state index in [1.165, 1.54) is 4.90 Å². The van der Waals surface area contributed by atoms with Crippen LogP contribution >= 0.6 is 0 Å². The van der Waals surface area contributed by atoms with Crippen molar-refractivity contribution in [3.8, 4) is 5.75 Å². The van der Waals surface area contributed by atoms with Gasteiger partial charge in [-0.25, -0.2) is 0 Å². The molecule has 0 aliphatic carbocycles. The maximum Gasteiger partial charge on any atom is 0.401 e. The third-order valence-electron chi connectivity index (χ3n) is 5.09. The lowest BCUT2D eigenvalue weighted by Gasteiger charge is -2.36. The zero-order valence-corrected chi connectivity index (χ0v) is 16.7. The Morgan fingerprint density at radius 3 is 2.50 bits per heavy atom. The van der Waals surface area contributed by atoms with Gasteiger partial charge in [-0.1, -0.05) is 12.1 Å². The molecule has 158 valence electrons. The normalized spacial score (nSPS) is 18.5. The highest BCUT2D eigenvalue weighted by molar-refractivity contribution is 5.95. The Hall–Kier alpha value is -1.80. The first-order valence-electron chi connectivity index (χ1n) is 9.77. The van der Waals surface area contributed by atoms with E-state index >= 15 is 0 Å². The summed E-state index contributed by atoms with van der Waals surface area (Å²) < 4.78 is 43.0. The lowest BCUT2D eigenvalue weighted by atomic mass is 9.90. The van der Waals surface area contributed by atoms with Gasteiger partial charge in [-0.3, -0.25) is 9.69 Å². The SMILES string of the molecule is CCOc1ccccc1NC(=O)[C@H](C)N[C@H](C)C1CCN(CC(F)(F)F)CC1. The highest BCUT2D eigenvalue weighted by atomic mass is 19.4. The van der Waals surface area contributed by atoms with Crippen LogP contribution in [0.1, 0.15) is 33.6 Å². The smallest absolute Gasteiger partial charge is 0.401 e. The number of nitrogens with zero attached hydrogens (tertiary/aromatic N) is 1. The Bertz CT molecular complexity index is 631. The second-order valence-electron chi connectivity index (χ2n) is 7.32. The lowest BCUT2D eigenvalue weighted by molar-refractivity contribution is -0.148. The molecule has 0 unspecified atom stereocenters. The quantitative estimate of drug-likeness (QED) is 0.698. The van der Waals surface area contributed by atoms with Crippen LogP contribution < -0.4 is 15.4 Å². The first-order chi connectivity index (χ1) is 13.2. The Kier molecular flexibility index (Phi) is 8.12. The average Bonchev–Trinajstić information content (AvgIpc) is 2.62. The van der Waals surface area contributed by atoms with Gasteiger partial charge in [0.15, 0.2) is 0 Å². The number of halogens is 3. The first kappa shape index (κ1) is 22.5. The second-order valence-corrected chi connectivity index (χ2v) is 7.32. The van der Waals surface area contributed by atoms with Crippen molar-refractivity contribution in [3.63, 3.8) is 0 Å². The average molecular weight is 401 g/mol. The van der Waals surface area contributed by atoms with E-state index in [2.05, 4.69) is 10.6 Å². The third kappa shape index (κ3) is 6.98. The summed E-state index contributed by atoms with van der Waals surface area (Å²) in [5.74, 6) is 0.694. The fourth-order valence-corrected chi connectivity index (χ4v) is 3.56. The highest BCUT2D eigenvalue weighted by Crippen LogP contribution is 2.26. The van der Waals surface area contributed by atoms with Gasteiger partial charge in [0.1, 0.15) is 5.75 Å². The molecular weight excluding hydrogens is 371 g/mol. The summed E-state index contributed by atoms with van der Waals surface area (Å²) in [4.78, 5) is 14.0. The van der Waals surface area contributed by atoms with Gasteiger partial charge in [0.25, 0.3) is 0 Å². The number of nitrogens with one attached hydrogen (secondary N) is 2. The molecular formula is C20H30F3N3O2. The summed E-state index contributed by atoms with van der Waals surface area (Å²) in [6, 6.07) is 6.86. The number of alkyl halides is 3.